The summed E-state index contributed by atoms with van der Waals surface area (Å²) in [6, 6.07) is 2.76. The number of nitrogens with zero attached hydrogens (tertiary/aromatic N) is 5. The molecule has 0 fully saturated rings. The van der Waals surface area contributed by atoms with Gasteiger partial charge in [0.05, 0.1) is 22.6 Å². The van der Waals surface area contributed by atoms with Crippen molar-refractivity contribution in [2.24, 2.45) is 7.05 Å². The molecule has 2 aromatic heterocycles. The van der Waals surface area contributed by atoms with Crippen LogP contribution in [-0.4, -0.2) is 24.3 Å². The van der Waals surface area contributed by atoms with Crippen molar-refractivity contribution < 1.29 is 4.39 Å². The number of benzene rings is 1. The molecular formula is C11H10ClFN6. The quantitative estimate of drug-likeness (QED) is 0.773. The minimum atomic E-state index is -0.510. The van der Waals surface area contributed by atoms with Crippen LogP contribution in [0.4, 0.5) is 10.3 Å². The second-order valence-corrected chi connectivity index (χ2v) is 4.55. The van der Waals surface area contributed by atoms with Gasteiger partial charge >= 0.3 is 0 Å². The Morgan fingerprint density at radius 3 is 2.89 bits per heavy atom. The van der Waals surface area contributed by atoms with Gasteiger partial charge < -0.3 is 10.3 Å². The lowest BCUT2D eigenvalue weighted by Crippen LogP contribution is -2.06. The number of rotatable bonds is 2. The lowest BCUT2D eigenvalue weighted by atomic mass is 10.3. The lowest BCUT2D eigenvalue weighted by molar-refractivity contribution is 0.628. The molecule has 8 heteroatoms. The topological polar surface area (TPSA) is 74.5 Å². The molecule has 0 saturated carbocycles. The molecule has 0 amide bonds. The Kier molecular flexibility index (Phi) is 2.63. The van der Waals surface area contributed by atoms with Crippen LogP contribution in [0.5, 0.6) is 0 Å². The van der Waals surface area contributed by atoms with Crippen LogP contribution in [0.3, 0.4) is 0 Å². The van der Waals surface area contributed by atoms with Crippen molar-refractivity contribution in [1.29, 1.82) is 0 Å². The fourth-order valence-electron chi connectivity index (χ4n) is 1.90. The lowest BCUT2D eigenvalue weighted by Gasteiger charge is -2.03. The Balaban J connectivity index is 2.12. The van der Waals surface area contributed by atoms with E-state index in [2.05, 4.69) is 15.1 Å². The van der Waals surface area contributed by atoms with Gasteiger partial charge in [-0.2, -0.15) is 5.10 Å². The highest BCUT2D eigenvalue weighted by Crippen LogP contribution is 2.25. The predicted molar refractivity (Wildman–Crippen MR) is 69.2 cm³/mol. The molecule has 2 N–H and O–H groups in total. The Labute approximate surface area is 112 Å². The largest absolute Gasteiger partial charge is 0.369 e. The third-order valence-corrected chi connectivity index (χ3v) is 3.06. The SMILES string of the molecule is Cn1cnc(Cn2c(N)nc3cc(Cl)c(F)cc32)n1. The van der Waals surface area contributed by atoms with Crippen LogP contribution in [0.25, 0.3) is 11.0 Å². The van der Waals surface area contributed by atoms with Crippen molar-refractivity contribution in [2.75, 3.05) is 5.73 Å². The molecule has 98 valence electrons. The smallest absolute Gasteiger partial charge is 0.201 e. The molecule has 0 atom stereocenters. The minimum Gasteiger partial charge on any atom is -0.369 e. The first-order chi connectivity index (χ1) is 9.04. The van der Waals surface area contributed by atoms with E-state index >= 15 is 0 Å². The summed E-state index contributed by atoms with van der Waals surface area (Å²) in [5.41, 5.74) is 6.94. The summed E-state index contributed by atoms with van der Waals surface area (Å²) in [4.78, 5) is 8.25. The molecule has 1 aromatic carbocycles. The van der Waals surface area contributed by atoms with Crippen LogP contribution in [0.2, 0.25) is 5.02 Å². The zero-order valence-electron chi connectivity index (χ0n) is 10.0. The molecule has 3 rings (SSSR count). The predicted octanol–water partition coefficient (Wildman–Crippen LogP) is 1.59. The number of nitrogens with two attached hydrogens (primary N) is 1. The fraction of sp³-hybridized carbons (Fsp3) is 0.182. The molecule has 0 unspecified atom stereocenters. The summed E-state index contributed by atoms with van der Waals surface area (Å²) >= 11 is 5.72. The van der Waals surface area contributed by atoms with Crippen LogP contribution in [-0.2, 0) is 13.6 Å². The summed E-state index contributed by atoms with van der Waals surface area (Å²) in [5, 5.41) is 4.18. The molecule has 2 heterocycles. The summed E-state index contributed by atoms with van der Waals surface area (Å²) in [5.74, 6) is 0.331. The van der Waals surface area contributed by atoms with E-state index in [0.717, 1.165) is 0 Å². The maximum atomic E-state index is 13.5. The van der Waals surface area contributed by atoms with E-state index in [0.29, 0.717) is 23.4 Å². The zero-order chi connectivity index (χ0) is 13.6. The third kappa shape index (κ3) is 2.01. The minimum absolute atomic E-state index is 0.0214. The molecule has 0 spiro atoms. The number of hydrogen-bond acceptors (Lipinski definition) is 4. The number of halogens is 2. The molecule has 3 aromatic rings. The average molecular weight is 281 g/mol. The maximum absolute atomic E-state index is 13.5. The normalized spacial score (nSPS) is 11.3. The number of hydrogen-bond donors (Lipinski definition) is 1. The van der Waals surface area contributed by atoms with Gasteiger partial charge in [-0.1, -0.05) is 11.6 Å². The van der Waals surface area contributed by atoms with Crippen molar-refractivity contribution in [3.8, 4) is 0 Å². The Bertz CT molecular complexity index is 762. The van der Waals surface area contributed by atoms with E-state index in [1.54, 1.807) is 22.6 Å². The van der Waals surface area contributed by atoms with Crippen LogP contribution < -0.4 is 5.73 Å². The Morgan fingerprint density at radius 2 is 2.21 bits per heavy atom. The number of anilines is 1. The molecule has 0 aliphatic rings. The number of aryl methyl sites for hydroxylation is 1. The molecule has 0 aliphatic heterocycles. The molecule has 0 aliphatic carbocycles. The van der Waals surface area contributed by atoms with E-state index in [-0.39, 0.29) is 11.0 Å². The first kappa shape index (κ1) is 11.9. The maximum Gasteiger partial charge on any atom is 0.201 e. The molecule has 0 bridgehead atoms. The van der Waals surface area contributed by atoms with Gasteiger partial charge in [0.1, 0.15) is 12.1 Å². The highest BCUT2D eigenvalue weighted by Gasteiger charge is 2.13. The van der Waals surface area contributed by atoms with Gasteiger partial charge in [0.2, 0.25) is 5.95 Å². The number of imidazole rings is 1. The summed E-state index contributed by atoms with van der Waals surface area (Å²) in [6.07, 6.45) is 1.59. The van der Waals surface area contributed by atoms with Crippen molar-refractivity contribution >= 4 is 28.6 Å². The van der Waals surface area contributed by atoms with Crippen LogP contribution in [0, 0.1) is 5.82 Å². The second-order valence-electron chi connectivity index (χ2n) is 4.15. The number of fused-ring (bicyclic) bond motifs is 1. The van der Waals surface area contributed by atoms with Gasteiger partial charge in [-0.3, -0.25) is 4.68 Å². The first-order valence-corrected chi connectivity index (χ1v) is 5.87. The molecule has 19 heavy (non-hydrogen) atoms. The number of aromatic nitrogens is 5. The van der Waals surface area contributed by atoms with Gasteiger partial charge in [0.15, 0.2) is 5.82 Å². The van der Waals surface area contributed by atoms with Crippen molar-refractivity contribution in [1.82, 2.24) is 24.3 Å². The van der Waals surface area contributed by atoms with E-state index in [1.807, 2.05) is 0 Å². The van der Waals surface area contributed by atoms with E-state index in [9.17, 15) is 4.39 Å². The Morgan fingerprint density at radius 1 is 1.42 bits per heavy atom. The van der Waals surface area contributed by atoms with Crippen molar-refractivity contribution in [3.63, 3.8) is 0 Å². The highest BCUT2D eigenvalue weighted by molar-refractivity contribution is 6.31. The summed E-state index contributed by atoms with van der Waals surface area (Å²) in [6.45, 7) is 0.324. The highest BCUT2D eigenvalue weighted by atomic mass is 35.5. The van der Waals surface area contributed by atoms with Crippen molar-refractivity contribution in [3.05, 3.63) is 35.1 Å². The zero-order valence-corrected chi connectivity index (χ0v) is 10.8. The van der Waals surface area contributed by atoms with E-state index < -0.39 is 5.82 Å². The molecule has 6 nitrogen and oxygen atoms in total. The van der Waals surface area contributed by atoms with Crippen molar-refractivity contribution in [2.45, 2.75) is 6.54 Å². The average Bonchev–Trinajstić information content (AvgIpc) is 2.87. The van der Waals surface area contributed by atoms with Gasteiger partial charge in [-0.25, -0.2) is 14.4 Å². The summed E-state index contributed by atoms with van der Waals surface area (Å²) < 4.78 is 16.8. The number of nitrogen functional groups attached to an aromatic ring is 1. The Hall–Kier alpha value is -2.15. The van der Waals surface area contributed by atoms with Gasteiger partial charge in [-0.15, -0.1) is 0 Å². The fourth-order valence-corrected chi connectivity index (χ4v) is 2.06. The van der Waals surface area contributed by atoms with Crippen LogP contribution >= 0.6 is 11.6 Å². The molecule has 0 radical (unpaired) electrons. The van der Waals surface area contributed by atoms with E-state index in [4.69, 9.17) is 17.3 Å². The monoisotopic (exact) mass is 280 g/mol. The first-order valence-electron chi connectivity index (χ1n) is 5.50. The molecular weight excluding hydrogens is 271 g/mol. The van der Waals surface area contributed by atoms with Crippen LogP contribution in [0.1, 0.15) is 5.82 Å². The second kappa shape index (κ2) is 4.20. The van der Waals surface area contributed by atoms with Gasteiger partial charge in [0.25, 0.3) is 0 Å². The summed E-state index contributed by atoms with van der Waals surface area (Å²) in [7, 11) is 1.77. The standard InChI is InChI=1S/C11H10ClFN6/c1-18-5-15-10(17-18)4-19-9-3-7(13)6(12)2-8(9)16-11(19)14/h2-3,5H,4H2,1H3,(H2,14,16). The van der Waals surface area contributed by atoms with E-state index in [1.165, 1.54) is 12.1 Å². The van der Waals surface area contributed by atoms with Gasteiger partial charge in [0, 0.05) is 13.1 Å². The molecule has 0 saturated heterocycles. The van der Waals surface area contributed by atoms with Crippen LogP contribution in [0.15, 0.2) is 18.5 Å². The third-order valence-electron chi connectivity index (χ3n) is 2.77. The van der Waals surface area contributed by atoms with Gasteiger partial charge in [-0.05, 0) is 6.07 Å².